The topological polar surface area (TPSA) is 63.1 Å². The Balaban J connectivity index is 1.93. The fraction of sp³-hybridized carbons (Fsp3) is 0.292. The number of amides is 1. The summed E-state index contributed by atoms with van der Waals surface area (Å²) in [7, 11) is 5.69. The van der Waals surface area contributed by atoms with Gasteiger partial charge in [0.05, 0.1) is 36.5 Å². The molecule has 0 unspecified atom stereocenters. The van der Waals surface area contributed by atoms with Gasteiger partial charge in [-0.2, -0.15) is 0 Å². The number of rotatable bonds is 5. The third-order valence-electron chi connectivity index (χ3n) is 5.61. The number of hydrogen-bond donors (Lipinski definition) is 1. The van der Waals surface area contributed by atoms with Gasteiger partial charge in [-0.1, -0.05) is 30.7 Å². The van der Waals surface area contributed by atoms with Crippen molar-refractivity contribution in [3.8, 4) is 0 Å². The molecular formula is C24H26ClN5O. The summed E-state index contributed by atoms with van der Waals surface area (Å²) in [5, 5.41) is 3.87. The quantitative estimate of drug-likeness (QED) is 0.660. The minimum atomic E-state index is -0.393. The molecule has 1 amide bonds. The summed E-state index contributed by atoms with van der Waals surface area (Å²) in [6.45, 7) is 2.44. The Kier molecular flexibility index (Phi) is 5.94. The third kappa shape index (κ3) is 4.27. The smallest absolute Gasteiger partial charge is 0.234 e. The molecule has 2 heterocycles. The molecule has 3 aromatic rings. The maximum absolute atomic E-state index is 12.8. The van der Waals surface area contributed by atoms with Gasteiger partial charge in [0.1, 0.15) is 0 Å². The fourth-order valence-electron chi connectivity index (χ4n) is 4.15. The lowest BCUT2D eigenvalue weighted by atomic mass is 9.88. The molecule has 0 saturated heterocycles. The summed E-state index contributed by atoms with van der Waals surface area (Å²) in [6, 6.07) is 9.55. The predicted molar refractivity (Wildman–Crippen MR) is 124 cm³/mol. The van der Waals surface area contributed by atoms with Crippen LogP contribution in [0.25, 0.3) is 11.6 Å². The molecule has 0 aliphatic heterocycles. The molecule has 6 nitrogen and oxygen atoms in total. The summed E-state index contributed by atoms with van der Waals surface area (Å²) in [6.07, 6.45) is 7.48. The number of pyridine rings is 1. The molecule has 2 aromatic heterocycles. The Bertz CT molecular complexity index is 1150. The molecule has 1 aliphatic carbocycles. The summed E-state index contributed by atoms with van der Waals surface area (Å²) < 4.78 is 1.93. The van der Waals surface area contributed by atoms with Crippen molar-refractivity contribution >= 4 is 29.2 Å². The van der Waals surface area contributed by atoms with Crippen LogP contribution in [0.3, 0.4) is 0 Å². The maximum Gasteiger partial charge on any atom is 0.234 e. The van der Waals surface area contributed by atoms with Crippen molar-refractivity contribution < 1.29 is 4.79 Å². The highest BCUT2D eigenvalue weighted by atomic mass is 35.5. The standard InChI is InChI=1S/C24H26ClN5O/c1-15-18-8-7-17(25)11-19(18)20(10-16-6-5-9-27-23(15)16)24(21-12-26-14-30(21)4)28-22(31)13-29(2)3/h5-12,14-15,24H,13H2,1-4H3,(H,28,31)/t15-,24+/m0/s1. The van der Waals surface area contributed by atoms with E-state index in [2.05, 4.69) is 40.4 Å². The van der Waals surface area contributed by atoms with Crippen molar-refractivity contribution in [2.45, 2.75) is 18.9 Å². The van der Waals surface area contributed by atoms with Crippen LogP contribution in [-0.4, -0.2) is 46.0 Å². The Hall–Kier alpha value is -2.96. The van der Waals surface area contributed by atoms with Crippen LogP contribution in [-0.2, 0) is 11.8 Å². The van der Waals surface area contributed by atoms with Gasteiger partial charge in [0, 0.05) is 24.2 Å². The van der Waals surface area contributed by atoms with Crippen molar-refractivity contribution in [1.29, 1.82) is 0 Å². The van der Waals surface area contributed by atoms with Crippen LogP contribution in [0.4, 0.5) is 0 Å². The second-order valence-corrected chi connectivity index (χ2v) is 8.63. The van der Waals surface area contributed by atoms with E-state index in [1.54, 1.807) is 12.5 Å². The summed E-state index contributed by atoms with van der Waals surface area (Å²) in [5.74, 6) is 0.0197. The lowest BCUT2D eigenvalue weighted by Crippen LogP contribution is -2.37. The number of halogens is 1. The average molecular weight is 436 g/mol. The lowest BCUT2D eigenvalue weighted by molar-refractivity contribution is -0.122. The SMILES string of the molecule is C[C@H]1c2ccc(Cl)cc2C([C@@H](NC(=O)CN(C)C)c2cncn2C)=Cc2cccnc21. The lowest BCUT2D eigenvalue weighted by Gasteiger charge is -2.25. The maximum atomic E-state index is 12.8. The van der Waals surface area contributed by atoms with Crippen molar-refractivity contribution in [2.75, 3.05) is 20.6 Å². The highest BCUT2D eigenvalue weighted by Crippen LogP contribution is 2.42. The molecular weight excluding hydrogens is 410 g/mol. The molecule has 31 heavy (non-hydrogen) atoms. The number of carbonyl (C=O) groups excluding carboxylic acids is 1. The van der Waals surface area contributed by atoms with Crippen LogP contribution in [0.1, 0.15) is 47.0 Å². The molecule has 0 saturated carbocycles. The number of carbonyl (C=O) groups is 1. The predicted octanol–water partition coefficient (Wildman–Crippen LogP) is 3.89. The molecule has 4 rings (SSSR count). The summed E-state index contributed by atoms with van der Waals surface area (Å²) in [5.41, 5.74) is 6.03. The van der Waals surface area contributed by atoms with E-state index < -0.39 is 6.04 Å². The molecule has 0 radical (unpaired) electrons. The van der Waals surface area contributed by atoms with Gasteiger partial charge >= 0.3 is 0 Å². The van der Waals surface area contributed by atoms with E-state index >= 15 is 0 Å². The highest BCUT2D eigenvalue weighted by Gasteiger charge is 2.29. The Morgan fingerprint density at radius 1 is 1.32 bits per heavy atom. The Morgan fingerprint density at radius 3 is 2.84 bits per heavy atom. The fourth-order valence-corrected chi connectivity index (χ4v) is 4.32. The van der Waals surface area contributed by atoms with Crippen LogP contribution < -0.4 is 5.32 Å². The number of benzene rings is 1. The van der Waals surface area contributed by atoms with Gasteiger partial charge in [0.15, 0.2) is 0 Å². The Morgan fingerprint density at radius 2 is 2.13 bits per heavy atom. The van der Waals surface area contributed by atoms with E-state index in [1.807, 2.05) is 55.0 Å². The van der Waals surface area contributed by atoms with Gasteiger partial charge < -0.3 is 14.8 Å². The first-order chi connectivity index (χ1) is 14.8. The van der Waals surface area contributed by atoms with Crippen LogP contribution >= 0.6 is 11.6 Å². The van der Waals surface area contributed by atoms with E-state index in [9.17, 15) is 4.79 Å². The monoisotopic (exact) mass is 435 g/mol. The minimum Gasteiger partial charge on any atom is -0.342 e. The van der Waals surface area contributed by atoms with Gasteiger partial charge in [-0.05, 0) is 60.6 Å². The normalized spacial score (nSPS) is 16.2. The van der Waals surface area contributed by atoms with E-state index in [-0.39, 0.29) is 11.8 Å². The number of likely N-dealkylation sites (N-methyl/N-ethyl adjacent to an activating group) is 1. The first-order valence-electron chi connectivity index (χ1n) is 10.2. The first-order valence-corrected chi connectivity index (χ1v) is 10.6. The number of aromatic nitrogens is 3. The van der Waals surface area contributed by atoms with Gasteiger partial charge in [0.2, 0.25) is 5.91 Å². The van der Waals surface area contributed by atoms with Gasteiger partial charge in [-0.25, -0.2) is 4.98 Å². The van der Waals surface area contributed by atoms with Crippen LogP contribution in [0.5, 0.6) is 0 Å². The van der Waals surface area contributed by atoms with Crippen molar-refractivity contribution in [3.63, 3.8) is 0 Å². The van der Waals surface area contributed by atoms with Crippen LogP contribution in [0.2, 0.25) is 5.02 Å². The molecule has 7 heteroatoms. The van der Waals surface area contributed by atoms with Gasteiger partial charge in [-0.15, -0.1) is 0 Å². The molecule has 0 fully saturated rings. The average Bonchev–Trinajstić information content (AvgIpc) is 3.10. The van der Waals surface area contributed by atoms with Crippen LogP contribution in [0, 0.1) is 0 Å². The van der Waals surface area contributed by atoms with E-state index in [0.717, 1.165) is 33.7 Å². The molecule has 160 valence electrons. The molecule has 1 N–H and O–H groups in total. The summed E-state index contributed by atoms with van der Waals surface area (Å²) >= 11 is 6.44. The zero-order chi connectivity index (χ0) is 22.1. The second-order valence-electron chi connectivity index (χ2n) is 8.20. The number of aryl methyl sites for hydroxylation is 1. The number of nitrogens with one attached hydrogen (secondary N) is 1. The van der Waals surface area contributed by atoms with Crippen molar-refractivity contribution in [1.82, 2.24) is 24.8 Å². The van der Waals surface area contributed by atoms with Gasteiger partial charge in [-0.3, -0.25) is 9.78 Å². The number of hydrogen-bond acceptors (Lipinski definition) is 4. The van der Waals surface area contributed by atoms with Gasteiger partial charge in [0.25, 0.3) is 0 Å². The second kappa shape index (κ2) is 8.65. The van der Waals surface area contributed by atoms with Crippen molar-refractivity contribution in [3.05, 3.63) is 82.2 Å². The molecule has 0 spiro atoms. The number of nitrogens with zero attached hydrogens (tertiary/aromatic N) is 4. The Labute approximate surface area is 187 Å². The summed E-state index contributed by atoms with van der Waals surface area (Å²) in [4.78, 5) is 23.7. The van der Waals surface area contributed by atoms with Crippen LogP contribution in [0.15, 0.2) is 49.1 Å². The molecule has 1 aromatic carbocycles. The number of fused-ring (bicyclic) bond motifs is 2. The largest absolute Gasteiger partial charge is 0.342 e. The van der Waals surface area contributed by atoms with E-state index in [1.165, 1.54) is 0 Å². The zero-order valence-electron chi connectivity index (χ0n) is 18.1. The third-order valence-corrected chi connectivity index (χ3v) is 5.85. The molecule has 2 atom stereocenters. The molecule has 1 aliphatic rings. The zero-order valence-corrected chi connectivity index (χ0v) is 18.9. The first kappa shape index (κ1) is 21.3. The molecule has 0 bridgehead atoms. The van der Waals surface area contributed by atoms with E-state index in [0.29, 0.717) is 11.6 Å². The highest BCUT2D eigenvalue weighted by molar-refractivity contribution is 6.30. The number of imidazole rings is 1. The van der Waals surface area contributed by atoms with E-state index in [4.69, 9.17) is 11.6 Å². The van der Waals surface area contributed by atoms with Crippen molar-refractivity contribution in [2.24, 2.45) is 7.05 Å². The minimum absolute atomic E-state index is 0.0654.